The van der Waals surface area contributed by atoms with Gasteiger partial charge in [-0.3, -0.25) is 4.79 Å². The molecule has 0 bridgehead atoms. The van der Waals surface area contributed by atoms with Crippen LogP contribution >= 0.6 is 0 Å². The summed E-state index contributed by atoms with van der Waals surface area (Å²) in [6, 6.07) is 18.0. The fourth-order valence-corrected chi connectivity index (χ4v) is 6.59. The molecule has 7 nitrogen and oxygen atoms in total. The van der Waals surface area contributed by atoms with Crippen molar-refractivity contribution in [1.29, 1.82) is 0 Å². The van der Waals surface area contributed by atoms with Crippen LogP contribution in [0.1, 0.15) is 21.5 Å². The van der Waals surface area contributed by atoms with Crippen LogP contribution in [0.3, 0.4) is 0 Å². The van der Waals surface area contributed by atoms with Crippen molar-refractivity contribution in [2.75, 3.05) is 5.75 Å². The average molecular weight is 484 g/mol. The highest BCUT2D eigenvalue weighted by molar-refractivity contribution is 7.94. The van der Waals surface area contributed by atoms with Gasteiger partial charge in [-0.25, -0.2) is 22.0 Å². The molecule has 0 saturated carbocycles. The van der Waals surface area contributed by atoms with Crippen LogP contribution in [-0.2, 0) is 19.9 Å². The van der Waals surface area contributed by atoms with Crippen LogP contribution in [0.4, 0.5) is 0 Å². The quantitative estimate of drug-likeness (QED) is 0.413. The molecule has 0 unspecified atom stereocenters. The van der Waals surface area contributed by atoms with E-state index in [1.54, 1.807) is 26.0 Å². The number of aryl methyl sites for hydroxylation is 2. The van der Waals surface area contributed by atoms with Crippen molar-refractivity contribution in [1.82, 2.24) is 0 Å². The van der Waals surface area contributed by atoms with Crippen molar-refractivity contribution in [2.45, 2.75) is 23.6 Å². The van der Waals surface area contributed by atoms with Gasteiger partial charge in [0.2, 0.25) is 10.0 Å². The summed E-state index contributed by atoms with van der Waals surface area (Å²) < 4.78 is 55.4. The van der Waals surface area contributed by atoms with Crippen molar-refractivity contribution < 1.29 is 26.0 Å². The summed E-state index contributed by atoms with van der Waals surface area (Å²) in [5.74, 6) is -0.882. The second-order valence-electron chi connectivity index (χ2n) is 7.81. The van der Waals surface area contributed by atoms with Gasteiger partial charge in [0, 0.05) is 16.5 Å². The number of benzene rings is 3. The number of primary sulfonamides is 1. The number of furan rings is 1. The number of Topliss-reactive ketones (excluding diaryl/α,β-unsaturated/α-hetero) is 1. The number of carbonyl (C=O) groups is 1. The van der Waals surface area contributed by atoms with E-state index in [0.717, 1.165) is 28.7 Å². The molecule has 33 heavy (non-hydrogen) atoms. The third-order valence-electron chi connectivity index (χ3n) is 5.33. The molecular formula is C24H21NO6S2. The van der Waals surface area contributed by atoms with Crippen molar-refractivity contribution in [3.8, 4) is 11.3 Å². The number of para-hydroxylation sites is 1. The number of sulfone groups is 1. The van der Waals surface area contributed by atoms with Crippen LogP contribution in [0.25, 0.3) is 22.3 Å². The Morgan fingerprint density at radius 2 is 1.42 bits per heavy atom. The Morgan fingerprint density at radius 1 is 0.848 bits per heavy atom. The summed E-state index contributed by atoms with van der Waals surface area (Å²) in [4.78, 5) is 12.0. The van der Waals surface area contributed by atoms with Gasteiger partial charge in [0.1, 0.15) is 22.0 Å². The molecule has 0 spiro atoms. The smallest absolute Gasteiger partial charge is 0.239 e. The van der Waals surface area contributed by atoms with E-state index in [1.165, 1.54) is 12.1 Å². The lowest BCUT2D eigenvalue weighted by molar-refractivity contribution is 0.101. The molecule has 0 atom stereocenters. The van der Waals surface area contributed by atoms with Gasteiger partial charge >= 0.3 is 0 Å². The Kier molecular flexibility index (Phi) is 5.73. The van der Waals surface area contributed by atoms with Gasteiger partial charge in [-0.05, 0) is 61.4 Å². The lowest BCUT2D eigenvalue weighted by Gasteiger charge is -2.13. The third-order valence-corrected chi connectivity index (χ3v) is 8.10. The maximum atomic E-state index is 13.0. The molecule has 0 radical (unpaired) electrons. The standard InChI is InChI=1S/C24H21NO6S2/c1-15-11-18(21-13-17-7-3-4-8-20(17)31-21)12-16(2)24(15)19(26)14-32(27,28)22-9-5-6-10-23(22)33(25,29)30/h3-13H,14H2,1-2H3,(H2,25,29,30). The van der Waals surface area contributed by atoms with Gasteiger partial charge in [-0.1, -0.05) is 30.3 Å². The number of ketones is 1. The molecule has 0 amide bonds. The molecule has 0 fully saturated rings. The first kappa shape index (κ1) is 22.9. The molecule has 0 aliphatic heterocycles. The topological polar surface area (TPSA) is 125 Å². The lowest BCUT2D eigenvalue weighted by Crippen LogP contribution is -2.22. The van der Waals surface area contributed by atoms with Crippen LogP contribution in [0.2, 0.25) is 0 Å². The number of rotatable bonds is 6. The highest BCUT2D eigenvalue weighted by atomic mass is 32.2. The second-order valence-corrected chi connectivity index (χ2v) is 11.3. The third kappa shape index (κ3) is 4.47. The minimum atomic E-state index is -4.28. The lowest BCUT2D eigenvalue weighted by atomic mass is 9.96. The van der Waals surface area contributed by atoms with Crippen LogP contribution < -0.4 is 5.14 Å². The Morgan fingerprint density at radius 3 is 2.03 bits per heavy atom. The maximum absolute atomic E-state index is 13.0. The van der Waals surface area contributed by atoms with Crippen molar-refractivity contribution in [2.24, 2.45) is 5.14 Å². The molecule has 2 N–H and O–H groups in total. The van der Waals surface area contributed by atoms with Crippen molar-refractivity contribution in [3.63, 3.8) is 0 Å². The number of fused-ring (bicyclic) bond motifs is 1. The molecular weight excluding hydrogens is 462 g/mol. The van der Waals surface area contributed by atoms with Crippen molar-refractivity contribution >= 4 is 36.6 Å². The van der Waals surface area contributed by atoms with Gasteiger partial charge in [0.15, 0.2) is 15.6 Å². The van der Waals surface area contributed by atoms with Gasteiger partial charge in [-0.2, -0.15) is 0 Å². The molecule has 170 valence electrons. The summed E-state index contributed by atoms with van der Waals surface area (Å²) >= 11 is 0. The van der Waals surface area contributed by atoms with Gasteiger partial charge in [-0.15, -0.1) is 0 Å². The fourth-order valence-electron chi connectivity index (χ4n) is 3.93. The van der Waals surface area contributed by atoms with Crippen molar-refractivity contribution in [3.05, 3.63) is 83.4 Å². The number of sulfonamides is 1. The van der Waals surface area contributed by atoms with E-state index in [2.05, 4.69) is 0 Å². The van der Waals surface area contributed by atoms with Crippen LogP contribution in [-0.4, -0.2) is 28.4 Å². The first-order valence-electron chi connectivity index (χ1n) is 9.95. The fraction of sp³-hybridized carbons (Fsp3) is 0.125. The SMILES string of the molecule is Cc1cc(-c2cc3ccccc3o2)cc(C)c1C(=O)CS(=O)(=O)c1ccccc1S(N)(=O)=O. The molecule has 4 aromatic rings. The van der Waals surface area contributed by atoms with E-state index < -0.39 is 41.2 Å². The van der Waals surface area contributed by atoms with Crippen LogP contribution in [0, 0.1) is 13.8 Å². The summed E-state index contributed by atoms with van der Waals surface area (Å²) in [7, 11) is -8.54. The Balaban J connectivity index is 1.70. The monoisotopic (exact) mass is 483 g/mol. The molecule has 3 aromatic carbocycles. The highest BCUT2D eigenvalue weighted by Gasteiger charge is 2.28. The minimum Gasteiger partial charge on any atom is -0.456 e. The average Bonchev–Trinajstić information content (AvgIpc) is 3.16. The number of nitrogens with two attached hydrogens (primary N) is 1. The van der Waals surface area contributed by atoms with E-state index in [4.69, 9.17) is 9.56 Å². The second kappa shape index (κ2) is 8.26. The summed E-state index contributed by atoms with van der Waals surface area (Å²) in [5, 5.41) is 6.11. The van der Waals surface area contributed by atoms with Crippen LogP contribution in [0.5, 0.6) is 0 Å². The summed E-state index contributed by atoms with van der Waals surface area (Å²) in [6.07, 6.45) is 0. The molecule has 4 rings (SSSR count). The first-order valence-corrected chi connectivity index (χ1v) is 13.2. The highest BCUT2D eigenvalue weighted by Crippen LogP contribution is 2.31. The maximum Gasteiger partial charge on any atom is 0.239 e. The zero-order valence-electron chi connectivity index (χ0n) is 17.9. The van der Waals surface area contributed by atoms with Crippen LogP contribution in [0.15, 0.2) is 80.9 Å². The van der Waals surface area contributed by atoms with Gasteiger partial charge in [0.25, 0.3) is 0 Å². The molecule has 1 heterocycles. The largest absolute Gasteiger partial charge is 0.456 e. The van der Waals surface area contributed by atoms with E-state index in [-0.39, 0.29) is 5.56 Å². The molecule has 1 aromatic heterocycles. The molecule has 9 heteroatoms. The van der Waals surface area contributed by atoms with Gasteiger partial charge < -0.3 is 4.42 Å². The number of hydrogen-bond acceptors (Lipinski definition) is 6. The molecule has 0 saturated heterocycles. The zero-order chi connectivity index (χ0) is 24.0. The Bertz CT molecular complexity index is 1560. The normalized spacial score (nSPS) is 12.2. The molecule has 0 aliphatic rings. The zero-order valence-corrected chi connectivity index (χ0v) is 19.5. The number of carbonyl (C=O) groups excluding carboxylic acids is 1. The summed E-state index contributed by atoms with van der Waals surface area (Å²) in [5.41, 5.74) is 2.95. The Hall–Kier alpha value is -3.27. The number of hydrogen-bond donors (Lipinski definition) is 1. The predicted molar refractivity (Wildman–Crippen MR) is 125 cm³/mol. The van der Waals surface area contributed by atoms with E-state index >= 15 is 0 Å². The molecule has 0 aliphatic carbocycles. The summed E-state index contributed by atoms with van der Waals surface area (Å²) in [6.45, 7) is 3.44. The first-order chi connectivity index (χ1) is 15.5. The minimum absolute atomic E-state index is 0.270. The predicted octanol–water partition coefficient (Wildman–Crippen LogP) is 4.02. The Labute approximate surface area is 191 Å². The van der Waals surface area contributed by atoms with Gasteiger partial charge in [0.05, 0.1) is 4.90 Å². The van der Waals surface area contributed by atoms with E-state index in [9.17, 15) is 21.6 Å². The van der Waals surface area contributed by atoms with E-state index in [1.807, 2.05) is 30.3 Å². The van der Waals surface area contributed by atoms with E-state index in [0.29, 0.717) is 16.9 Å².